The van der Waals surface area contributed by atoms with Gasteiger partial charge in [-0.25, -0.2) is 13.2 Å². The zero-order valence-electron chi connectivity index (χ0n) is 24.6. The molecule has 0 saturated heterocycles. The van der Waals surface area contributed by atoms with Gasteiger partial charge in [0.2, 0.25) is 0 Å². The maximum atomic E-state index is 13.3. The Bertz CT molecular complexity index is 995. The fourth-order valence-corrected chi connectivity index (χ4v) is 4.24. The molecule has 2 unspecified atom stereocenters. The van der Waals surface area contributed by atoms with Crippen LogP contribution in [0.5, 0.6) is 5.75 Å². The quantitative estimate of drug-likeness (QED) is 0.377. The second kappa shape index (κ2) is 16.4. The zero-order valence-corrected chi connectivity index (χ0v) is 24.6. The fraction of sp³-hybridized carbons (Fsp3) is 0.515. The molecule has 1 aliphatic carbocycles. The van der Waals surface area contributed by atoms with Gasteiger partial charge in [0.15, 0.2) is 11.6 Å². The van der Waals surface area contributed by atoms with Gasteiger partial charge < -0.3 is 5.11 Å². The maximum absolute atomic E-state index is 13.3. The second-order valence-electron chi connectivity index (χ2n) is 10.2. The van der Waals surface area contributed by atoms with Crippen LogP contribution in [0.1, 0.15) is 98.3 Å². The third-order valence-corrected chi connectivity index (χ3v) is 7.08. The van der Waals surface area contributed by atoms with Gasteiger partial charge in [-0.1, -0.05) is 91.2 Å². The number of fused-ring (bicyclic) bond motifs is 1. The van der Waals surface area contributed by atoms with Gasteiger partial charge in [-0.2, -0.15) is 0 Å². The van der Waals surface area contributed by atoms with Crippen LogP contribution in [0, 0.1) is 29.3 Å². The van der Waals surface area contributed by atoms with Crippen LogP contribution in [-0.2, 0) is 18.3 Å². The summed E-state index contributed by atoms with van der Waals surface area (Å²) in [6.07, 6.45) is 5.64. The highest BCUT2D eigenvalue weighted by atomic mass is 19.1. The SMILES string of the molecule is C=C(C)C(C)(C(=C)C)c1ccc(O)c(F)c1.CC.CC1Cc2cc(F)cc(F)c2C1.CCCC(C)CC. The monoisotopic (exact) mass is 518 g/mol. The van der Waals surface area contributed by atoms with E-state index in [1.165, 1.54) is 37.5 Å². The lowest BCUT2D eigenvalue weighted by Crippen LogP contribution is -2.24. The van der Waals surface area contributed by atoms with Crippen molar-refractivity contribution < 1.29 is 18.3 Å². The Morgan fingerprint density at radius 2 is 1.57 bits per heavy atom. The number of rotatable bonds is 6. The van der Waals surface area contributed by atoms with Crippen molar-refractivity contribution in [2.45, 2.75) is 99.8 Å². The van der Waals surface area contributed by atoms with Gasteiger partial charge >= 0.3 is 0 Å². The van der Waals surface area contributed by atoms with Crippen molar-refractivity contribution in [2.75, 3.05) is 0 Å². The standard InChI is InChI=1S/C14H17FO.C10H10F2.C7H16.C2H6/c1-9(2)14(5,10(3)4)11-6-7-13(16)12(15)8-11;1-6-2-7-4-8(11)5-10(12)9(7)3-6;1-4-6-7(3)5-2;1-2/h6-8,16H,1,3H2,2,4-5H3;4-6H,2-3H2,1H3;7H,4-6H2,1-3H3;1-2H3. The smallest absolute Gasteiger partial charge is 0.165 e. The summed E-state index contributed by atoms with van der Waals surface area (Å²) >= 11 is 0. The first kappa shape index (κ1) is 34.5. The largest absolute Gasteiger partial charge is 0.505 e. The predicted octanol–water partition coefficient (Wildman–Crippen LogP) is 10.5. The number of halogens is 3. The van der Waals surface area contributed by atoms with Crippen LogP contribution in [0.3, 0.4) is 0 Å². The highest BCUT2D eigenvalue weighted by Crippen LogP contribution is 2.38. The Morgan fingerprint density at radius 3 is 2.00 bits per heavy atom. The van der Waals surface area contributed by atoms with Crippen molar-refractivity contribution in [1.82, 2.24) is 0 Å². The molecule has 0 aliphatic heterocycles. The van der Waals surface area contributed by atoms with Crippen molar-refractivity contribution in [3.8, 4) is 5.75 Å². The Kier molecular flexibility index (Phi) is 15.3. The highest BCUT2D eigenvalue weighted by Gasteiger charge is 2.29. The minimum absolute atomic E-state index is 0.338. The molecular formula is C33H49F3O. The average Bonchev–Trinajstić information content (AvgIpc) is 3.22. The van der Waals surface area contributed by atoms with E-state index in [-0.39, 0.29) is 11.6 Å². The normalized spacial score (nSPS) is 14.5. The molecule has 1 N–H and O–H groups in total. The molecule has 0 aromatic heterocycles. The van der Waals surface area contributed by atoms with Gasteiger partial charge in [-0.05, 0) is 80.3 Å². The molecule has 1 aliphatic rings. The molecule has 0 spiro atoms. The van der Waals surface area contributed by atoms with E-state index in [0.717, 1.165) is 47.1 Å². The summed E-state index contributed by atoms with van der Waals surface area (Å²) in [5, 5.41) is 9.17. The van der Waals surface area contributed by atoms with E-state index < -0.39 is 17.0 Å². The summed E-state index contributed by atoms with van der Waals surface area (Å²) in [4.78, 5) is 0. The van der Waals surface area contributed by atoms with Crippen molar-refractivity contribution in [3.05, 3.63) is 88.8 Å². The predicted molar refractivity (Wildman–Crippen MR) is 154 cm³/mol. The van der Waals surface area contributed by atoms with E-state index in [0.29, 0.717) is 11.5 Å². The number of phenolic OH excluding ortho intramolecular Hbond substituents is 1. The molecule has 2 aromatic rings. The number of hydrogen-bond acceptors (Lipinski definition) is 1. The Balaban J connectivity index is 0.000000544. The van der Waals surface area contributed by atoms with Crippen molar-refractivity contribution in [2.24, 2.45) is 11.8 Å². The zero-order chi connectivity index (χ0) is 28.9. The third kappa shape index (κ3) is 10.1. The van der Waals surface area contributed by atoms with Crippen LogP contribution in [-0.4, -0.2) is 5.11 Å². The molecule has 37 heavy (non-hydrogen) atoms. The van der Waals surface area contributed by atoms with Gasteiger partial charge in [0, 0.05) is 11.5 Å². The average molecular weight is 519 g/mol. The van der Waals surface area contributed by atoms with Crippen LogP contribution in [0.15, 0.2) is 54.6 Å². The molecule has 0 saturated carbocycles. The van der Waals surface area contributed by atoms with E-state index in [1.807, 2.05) is 34.6 Å². The highest BCUT2D eigenvalue weighted by molar-refractivity contribution is 5.44. The summed E-state index contributed by atoms with van der Waals surface area (Å²) in [5.41, 5.74) is 3.64. The van der Waals surface area contributed by atoms with Crippen LogP contribution >= 0.6 is 0 Å². The maximum Gasteiger partial charge on any atom is 0.165 e. The molecule has 3 rings (SSSR count). The summed E-state index contributed by atoms with van der Waals surface area (Å²) < 4.78 is 39.1. The van der Waals surface area contributed by atoms with Gasteiger partial charge in [-0.15, -0.1) is 0 Å². The van der Waals surface area contributed by atoms with Crippen LogP contribution in [0.4, 0.5) is 13.2 Å². The van der Waals surface area contributed by atoms with Gasteiger partial charge in [0.25, 0.3) is 0 Å². The van der Waals surface area contributed by atoms with Crippen LogP contribution < -0.4 is 0 Å². The molecule has 1 nitrogen and oxygen atoms in total. The topological polar surface area (TPSA) is 20.2 Å². The fourth-order valence-electron chi connectivity index (χ4n) is 4.24. The molecule has 0 amide bonds. The van der Waals surface area contributed by atoms with E-state index in [9.17, 15) is 13.2 Å². The van der Waals surface area contributed by atoms with E-state index >= 15 is 0 Å². The Morgan fingerprint density at radius 1 is 1.00 bits per heavy atom. The minimum Gasteiger partial charge on any atom is -0.505 e. The number of hydrogen-bond donors (Lipinski definition) is 1. The van der Waals surface area contributed by atoms with Crippen LogP contribution in [0.2, 0.25) is 0 Å². The van der Waals surface area contributed by atoms with E-state index in [4.69, 9.17) is 5.11 Å². The lowest BCUT2D eigenvalue weighted by atomic mass is 9.72. The first-order valence-electron chi connectivity index (χ1n) is 13.5. The van der Waals surface area contributed by atoms with Crippen molar-refractivity contribution >= 4 is 0 Å². The Labute approximate surface area is 224 Å². The number of benzene rings is 2. The van der Waals surface area contributed by atoms with Crippen LogP contribution in [0.25, 0.3) is 0 Å². The molecule has 0 heterocycles. The number of phenols is 1. The molecule has 208 valence electrons. The summed E-state index contributed by atoms with van der Waals surface area (Å²) in [5.74, 6) is -0.392. The van der Waals surface area contributed by atoms with Crippen molar-refractivity contribution in [1.29, 1.82) is 0 Å². The molecule has 0 radical (unpaired) electrons. The van der Waals surface area contributed by atoms with Gasteiger partial charge in [0.1, 0.15) is 11.6 Å². The third-order valence-electron chi connectivity index (χ3n) is 7.08. The van der Waals surface area contributed by atoms with Gasteiger partial charge in [-0.3, -0.25) is 0 Å². The molecule has 2 aromatic carbocycles. The van der Waals surface area contributed by atoms with Gasteiger partial charge in [0.05, 0.1) is 0 Å². The lowest BCUT2D eigenvalue weighted by molar-refractivity contribution is 0.430. The molecule has 2 atom stereocenters. The number of allylic oxidation sites excluding steroid dienone is 2. The van der Waals surface area contributed by atoms with Crippen molar-refractivity contribution in [3.63, 3.8) is 0 Å². The summed E-state index contributed by atoms with van der Waals surface area (Å²) in [6, 6.07) is 6.80. The molecule has 0 fully saturated rings. The summed E-state index contributed by atoms with van der Waals surface area (Å²) in [6.45, 7) is 26.4. The second-order valence-corrected chi connectivity index (χ2v) is 10.2. The van der Waals surface area contributed by atoms with E-state index in [2.05, 4.69) is 40.9 Å². The summed E-state index contributed by atoms with van der Waals surface area (Å²) in [7, 11) is 0. The first-order chi connectivity index (χ1) is 17.3. The minimum atomic E-state index is -0.619. The molecule has 4 heteroatoms. The Hall–Kier alpha value is -2.49. The van der Waals surface area contributed by atoms with E-state index in [1.54, 1.807) is 6.07 Å². The first-order valence-corrected chi connectivity index (χ1v) is 13.5. The lowest BCUT2D eigenvalue weighted by Gasteiger charge is -2.31. The molecule has 0 bridgehead atoms. The molecular weight excluding hydrogens is 469 g/mol. The number of aromatic hydroxyl groups is 1.